The molecule has 1 fully saturated rings. The van der Waals surface area contributed by atoms with Crippen molar-refractivity contribution < 1.29 is 9.59 Å². The first-order valence-electron chi connectivity index (χ1n) is 9.28. The van der Waals surface area contributed by atoms with Crippen molar-refractivity contribution >= 4 is 39.1 Å². The zero-order valence-electron chi connectivity index (χ0n) is 16.1. The van der Waals surface area contributed by atoms with Crippen LogP contribution >= 0.6 is 15.9 Å². The molecule has 1 aliphatic heterocycles. The maximum absolute atomic E-state index is 12.7. The van der Waals surface area contributed by atoms with Crippen LogP contribution in [0, 0.1) is 19.8 Å². The summed E-state index contributed by atoms with van der Waals surface area (Å²) in [7, 11) is 0. The normalized spacial score (nSPS) is 16.3. The number of aromatic nitrogens is 3. The number of aryl methyl sites for hydroxylation is 2. The Morgan fingerprint density at radius 2 is 2.00 bits per heavy atom. The molecule has 1 aliphatic rings. The number of carbonyl (C=O) groups excluding carboxylic acids is 2. The number of pyridine rings is 1. The molecule has 2 aromatic heterocycles. The van der Waals surface area contributed by atoms with Crippen LogP contribution in [0.15, 0.2) is 53.1 Å². The van der Waals surface area contributed by atoms with Crippen LogP contribution in [0.25, 0.3) is 5.82 Å². The van der Waals surface area contributed by atoms with Gasteiger partial charge in [-0.1, -0.05) is 12.1 Å². The number of hydrogen-bond acceptors (Lipinski definition) is 4. The van der Waals surface area contributed by atoms with E-state index in [1.165, 1.54) is 0 Å². The van der Waals surface area contributed by atoms with E-state index in [9.17, 15) is 9.59 Å². The summed E-state index contributed by atoms with van der Waals surface area (Å²) >= 11 is 3.47. The molecule has 0 saturated carbocycles. The van der Waals surface area contributed by atoms with Gasteiger partial charge in [0.1, 0.15) is 0 Å². The van der Waals surface area contributed by atoms with E-state index in [0.29, 0.717) is 18.1 Å². The topological polar surface area (TPSA) is 80.1 Å². The van der Waals surface area contributed by atoms with Gasteiger partial charge < -0.3 is 10.2 Å². The van der Waals surface area contributed by atoms with E-state index in [1.54, 1.807) is 21.8 Å². The minimum Gasteiger partial charge on any atom is -0.324 e. The van der Waals surface area contributed by atoms with E-state index >= 15 is 0 Å². The number of halogens is 1. The number of carbonyl (C=O) groups is 2. The lowest BCUT2D eigenvalue weighted by Gasteiger charge is -2.18. The van der Waals surface area contributed by atoms with Gasteiger partial charge in [-0.15, -0.1) is 0 Å². The Kier molecular flexibility index (Phi) is 5.19. The van der Waals surface area contributed by atoms with E-state index < -0.39 is 5.92 Å². The highest BCUT2D eigenvalue weighted by Crippen LogP contribution is 2.31. The first kappa shape index (κ1) is 19.3. The number of hydrogen-bond donors (Lipinski definition) is 1. The fourth-order valence-corrected chi connectivity index (χ4v) is 3.98. The third-order valence-electron chi connectivity index (χ3n) is 4.88. The lowest BCUT2D eigenvalue weighted by Crippen LogP contribution is -2.28. The van der Waals surface area contributed by atoms with Crippen molar-refractivity contribution in [1.82, 2.24) is 14.8 Å². The second-order valence-electron chi connectivity index (χ2n) is 7.09. The van der Waals surface area contributed by atoms with Crippen molar-refractivity contribution in [2.24, 2.45) is 5.92 Å². The summed E-state index contributed by atoms with van der Waals surface area (Å²) in [6, 6.07) is 13.1. The average molecular weight is 454 g/mol. The van der Waals surface area contributed by atoms with Gasteiger partial charge in [-0.25, -0.2) is 9.67 Å². The Labute approximate surface area is 176 Å². The summed E-state index contributed by atoms with van der Waals surface area (Å²) in [5, 5.41) is 7.27. The fourth-order valence-electron chi connectivity index (χ4n) is 3.48. The molecule has 3 aromatic rings. The smallest absolute Gasteiger partial charge is 0.229 e. The van der Waals surface area contributed by atoms with Crippen molar-refractivity contribution in [3.63, 3.8) is 0 Å². The molecule has 1 unspecified atom stereocenters. The lowest BCUT2D eigenvalue weighted by atomic mass is 10.1. The minimum absolute atomic E-state index is 0.0601. The number of anilines is 2. The Morgan fingerprint density at radius 1 is 1.21 bits per heavy atom. The molecule has 29 heavy (non-hydrogen) atoms. The zero-order valence-corrected chi connectivity index (χ0v) is 17.7. The van der Waals surface area contributed by atoms with Crippen molar-refractivity contribution in [3.05, 3.63) is 64.5 Å². The second kappa shape index (κ2) is 7.79. The maximum Gasteiger partial charge on any atom is 0.229 e. The quantitative estimate of drug-likeness (QED) is 0.653. The highest BCUT2D eigenvalue weighted by atomic mass is 79.9. The minimum atomic E-state index is -0.412. The van der Waals surface area contributed by atoms with E-state index in [-0.39, 0.29) is 18.2 Å². The van der Waals surface area contributed by atoms with Gasteiger partial charge in [0, 0.05) is 23.1 Å². The Balaban J connectivity index is 1.44. The van der Waals surface area contributed by atoms with Gasteiger partial charge in [0.25, 0.3) is 0 Å². The SMILES string of the molecule is Cc1cc(C)n(-c2ccc(NC(=O)C3CC(=O)N(c4ccccc4Br)C3)cn2)n1. The lowest BCUT2D eigenvalue weighted by molar-refractivity contribution is -0.122. The van der Waals surface area contributed by atoms with Gasteiger partial charge in [-0.3, -0.25) is 9.59 Å². The fraction of sp³-hybridized carbons (Fsp3) is 0.238. The zero-order chi connectivity index (χ0) is 20.5. The highest BCUT2D eigenvalue weighted by Gasteiger charge is 2.35. The highest BCUT2D eigenvalue weighted by molar-refractivity contribution is 9.10. The maximum atomic E-state index is 12.7. The molecule has 1 N–H and O–H groups in total. The molecule has 2 amide bonds. The molecular weight excluding hydrogens is 434 g/mol. The van der Waals surface area contributed by atoms with Crippen LogP contribution in [0.5, 0.6) is 0 Å². The summed E-state index contributed by atoms with van der Waals surface area (Å²) < 4.78 is 2.59. The van der Waals surface area contributed by atoms with Crippen LogP contribution in [0.4, 0.5) is 11.4 Å². The molecule has 1 aromatic carbocycles. The predicted octanol–water partition coefficient (Wildman–Crippen LogP) is 3.64. The average Bonchev–Trinajstić information content (AvgIpc) is 3.24. The third kappa shape index (κ3) is 3.93. The summed E-state index contributed by atoms with van der Waals surface area (Å²) in [5.41, 5.74) is 3.28. The number of para-hydroxylation sites is 1. The second-order valence-corrected chi connectivity index (χ2v) is 7.94. The first-order chi connectivity index (χ1) is 13.9. The first-order valence-corrected chi connectivity index (χ1v) is 10.1. The van der Waals surface area contributed by atoms with Crippen LogP contribution in [-0.4, -0.2) is 33.1 Å². The standard InChI is InChI=1S/C21H20BrN5O2/c1-13-9-14(2)27(25-13)19-8-7-16(11-23-19)24-21(29)15-10-20(28)26(12-15)18-6-4-3-5-17(18)22/h3-9,11,15H,10,12H2,1-2H3,(H,24,29). The van der Waals surface area contributed by atoms with Gasteiger partial charge in [0.2, 0.25) is 11.8 Å². The van der Waals surface area contributed by atoms with E-state index in [1.807, 2.05) is 50.2 Å². The molecule has 0 radical (unpaired) electrons. The molecule has 0 aliphatic carbocycles. The molecule has 4 rings (SSSR count). The summed E-state index contributed by atoms with van der Waals surface area (Å²) in [5.74, 6) is 0.0265. The van der Waals surface area contributed by atoms with E-state index in [4.69, 9.17) is 0 Å². The van der Waals surface area contributed by atoms with Gasteiger partial charge in [0.05, 0.1) is 29.2 Å². The van der Waals surface area contributed by atoms with Crippen LogP contribution < -0.4 is 10.2 Å². The van der Waals surface area contributed by atoms with E-state index in [2.05, 4.69) is 31.3 Å². The largest absolute Gasteiger partial charge is 0.324 e. The predicted molar refractivity (Wildman–Crippen MR) is 114 cm³/mol. The number of benzene rings is 1. The number of nitrogens with zero attached hydrogens (tertiary/aromatic N) is 4. The summed E-state index contributed by atoms with van der Waals surface area (Å²) in [6.45, 7) is 4.24. The van der Waals surface area contributed by atoms with Crippen LogP contribution in [0.1, 0.15) is 17.8 Å². The van der Waals surface area contributed by atoms with Gasteiger partial charge in [-0.2, -0.15) is 5.10 Å². The Hall–Kier alpha value is -3.00. The molecule has 7 nitrogen and oxygen atoms in total. The number of rotatable bonds is 4. The number of amides is 2. The summed E-state index contributed by atoms with van der Waals surface area (Å²) in [4.78, 5) is 31.2. The molecule has 1 atom stereocenters. The van der Waals surface area contributed by atoms with Gasteiger partial charge >= 0.3 is 0 Å². The molecule has 148 valence electrons. The number of nitrogens with one attached hydrogen (secondary N) is 1. The van der Waals surface area contributed by atoms with Crippen LogP contribution in [0.2, 0.25) is 0 Å². The summed E-state index contributed by atoms with van der Waals surface area (Å²) in [6.07, 6.45) is 1.79. The third-order valence-corrected chi connectivity index (χ3v) is 5.55. The van der Waals surface area contributed by atoms with Gasteiger partial charge in [0.15, 0.2) is 5.82 Å². The Bertz CT molecular complexity index is 1080. The van der Waals surface area contributed by atoms with E-state index in [0.717, 1.165) is 21.5 Å². The molecule has 1 saturated heterocycles. The van der Waals surface area contributed by atoms with Crippen LogP contribution in [0.3, 0.4) is 0 Å². The Morgan fingerprint density at radius 3 is 2.66 bits per heavy atom. The van der Waals surface area contributed by atoms with Crippen molar-refractivity contribution in [2.45, 2.75) is 20.3 Å². The molecule has 8 heteroatoms. The monoisotopic (exact) mass is 453 g/mol. The van der Waals surface area contributed by atoms with Crippen molar-refractivity contribution in [2.75, 3.05) is 16.8 Å². The molecular formula is C21H20BrN5O2. The molecule has 3 heterocycles. The van der Waals surface area contributed by atoms with Crippen molar-refractivity contribution in [1.29, 1.82) is 0 Å². The molecule has 0 spiro atoms. The molecule has 0 bridgehead atoms. The van der Waals surface area contributed by atoms with Crippen molar-refractivity contribution in [3.8, 4) is 5.82 Å². The van der Waals surface area contributed by atoms with Crippen LogP contribution in [-0.2, 0) is 9.59 Å². The van der Waals surface area contributed by atoms with Gasteiger partial charge in [-0.05, 0) is 60.1 Å².